The summed E-state index contributed by atoms with van der Waals surface area (Å²) in [4.78, 5) is 15.1. The van der Waals surface area contributed by atoms with Crippen LogP contribution in [0, 0.1) is 21.4 Å². The van der Waals surface area contributed by atoms with Gasteiger partial charge in [0.2, 0.25) is 0 Å². The van der Waals surface area contributed by atoms with Crippen molar-refractivity contribution in [2.75, 3.05) is 0 Å². The Bertz CT molecular complexity index is 1270. The maximum Gasteiger partial charge on any atom is 0.270 e. The smallest absolute Gasteiger partial charge is 0.258 e. The van der Waals surface area contributed by atoms with E-state index in [4.69, 9.17) is 0 Å². The van der Waals surface area contributed by atoms with Crippen LogP contribution >= 0.6 is 11.3 Å². The minimum Gasteiger partial charge on any atom is -0.258 e. The topological polar surface area (TPSA) is 79.8 Å². The molecule has 0 N–H and O–H groups in total. The molecule has 0 amide bonds. The van der Waals surface area contributed by atoms with Crippen LogP contribution in [0.3, 0.4) is 0 Å². The average molecular weight is 409 g/mol. The zero-order valence-corrected chi connectivity index (χ0v) is 16.5. The number of hydrogen-bond acceptors (Lipinski definition) is 5. The summed E-state index contributed by atoms with van der Waals surface area (Å²) < 4.78 is 0. The Morgan fingerprint density at radius 2 is 1.67 bits per heavy atom. The number of aromatic nitrogens is 1. The van der Waals surface area contributed by atoms with E-state index in [2.05, 4.69) is 23.2 Å². The Kier molecular flexibility index (Phi) is 5.46. The SMILES string of the molecule is N#CC(=Cc1cccc([N+](=O)[O-])c1)c1nc(-c2ccc(-c3ccccc3)cc2)cs1. The normalized spacial score (nSPS) is 11.1. The van der Waals surface area contributed by atoms with Crippen LogP contribution in [0.5, 0.6) is 0 Å². The molecule has 30 heavy (non-hydrogen) atoms. The summed E-state index contributed by atoms with van der Waals surface area (Å²) in [5, 5.41) is 23.0. The molecule has 0 bridgehead atoms. The third kappa shape index (κ3) is 4.17. The lowest BCUT2D eigenvalue weighted by Crippen LogP contribution is -1.88. The van der Waals surface area contributed by atoms with Crippen LogP contribution in [-0.2, 0) is 0 Å². The second-order valence-corrected chi connectivity index (χ2v) is 7.36. The molecule has 0 atom stereocenters. The molecule has 0 saturated heterocycles. The molecule has 0 aliphatic heterocycles. The van der Waals surface area contributed by atoms with Gasteiger partial charge < -0.3 is 0 Å². The maximum absolute atomic E-state index is 11.0. The van der Waals surface area contributed by atoms with Crippen LogP contribution in [0.1, 0.15) is 10.6 Å². The molecule has 0 spiro atoms. The van der Waals surface area contributed by atoms with Crippen LogP contribution in [0.4, 0.5) is 5.69 Å². The quantitative estimate of drug-likeness (QED) is 0.215. The van der Waals surface area contributed by atoms with Gasteiger partial charge in [0.05, 0.1) is 16.2 Å². The Balaban J connectivity index is 1.60. The largest absolute Gasteiger partial charge is 0.270 e. The van der Waals surface area contributed by atoms with Crippen molar-refractivity contribution >= 4 is 28.7 Å². The lowest BCUT2D eigenvalue weighted by atomic mass is 10.0. The van der Waals surface area contributed by atoms with E-state index in [9.17, 15) is 15.4 Å². The highest BCUT2D eigenvalue weighted by molar-refractivity contribution is 7.11. The van der Waals surface area contributed by atoms with Gasteiger partial charge in [0.25, 0.3) is 5.69 Å². The summed E-state index contributed by atoms with van der Waals surface area (Å²) in [6.07, 6.45) is 1.62. The molecule has 3 aromatic carbocycles. The van der Waals surface area contributed by atoms with Gasteiger partial charge in [0.1, 0.15) is 11.1 Å². The fraction of sp³-hybridized carbons (Fsp3) is 0. The molecule has 0 aliphatic carbocycles. The van der Waals surface area contributed by atoms with Gasteiger partial charge in [0.15, 0.2) is 0 Å². The summed E-state index contributed by atoms with van der Waals surface area (Å²) in [6.45, 7) is 0. The van der Waals surface area contributed by atoms with E-state index in [0.29, 0.717) is 16.1 Å². The van der Waals surface area contributed by atoms with Crippen LogP contribution in [0.15, 0.2) is 84.2 Å². The molecule has 0 unspecified atom stereocenters. The van der Waals surface area contributed by atoms with Crippen LogP contribution in [0.2, 0.25) is 0 Å². The maximum atomic E-state index is 11.0. The Morgan fingerprint density at radius 3 is 2.37 bits per heavy atom. The highest BCUT2D eigenvalue weighted by Crippen LogP contribution is 2.29. The van der Waals surface area contributed by atoms with Crippen molar-refractivity contribution in [2.45, 2.75) is 0 Å². The molecule has 0 radical (unpaired) electrons. The summed E-state index contributed by atoms with van der Waals surface area (Å²) in [7, 11) is 0. The summed E-state index contributed by atoms with van der Waals surface area (Å²) >= 11 is 1.37. The van der Waals surface area contributed by atoms with E-state index in [1.54, 1.807) is 18.2 Å². The van der Waals surface area contributed by atoms with Crippen molar-refractivity contribution in [1.29, 1.82) is 5.26 Å². The van der Waals surface area contributed by atoms with Crippen molar-refractivity contribution in [2.24, 2.45) is 0 Å². The van der Waals surface area contributed by atoms with E-state index in [0.717, 1.165) is 22.4 Å². The molecule has 0 saturated carbocycles. The predicted octanol–water partition coefficient (Wildman–Crippen LogP) is 6.45. The molecule has 4 aromatic rings. The molecular formula is C24H15N3O2S. The van der Waals surface area contributed by atoms with Gasteiger partial charge in [0, 0.05) is 23.1 Å². The van der Waals surface area contributed by atoms with Gasteiger partial charge in [-0.2, -0.15) is 5.26 Å². The molecule has 6 heteroatoms. The van der Waals surface area contributed by atoms with E-state index in [1.165, 1.54) is 23.5 Å². The van der Waals surface area contributed by atoms with Gasteiger partial charge >= 0.3 is 0 Å². The highest BCUT2D eigenvalue weighted by atomic mass is 32.1. The molecule has 0 aliphatic rings. The number of hydrogen-bond donors (Lipinski definition) is 0. The van der Waals surface area contributed by atoms with Gasteiger partial charge in [-0.3, -0.25) is 10.1 Å². The fourth-order valence-electron chi connectivity index (χ4n) is 3.03. The summed E-state index contributed by atoms with van der Waals surface area (Å²) in [6, 6.07) is 26.6. The van der Waals surface area contributed by atoms with Gasteiger partial charge in [-0.25, -0.2) is 4.98 Å². The second kappa shape index (κ2) is 8.52. The molecule has 1 aromatic heterocycles. The molecule has 4 rings (SSSR count). The monoisotopic (exact) mass is 409 g/mol. The Morgan fingerprint density at radius 1 is 0.967 bits per heavy atom. The first-order chi connectivity index (χ1) is 14.6. The number of nitriles is 1. The molecule has 144 valence electrons. The van der Waals surface area contributed by atoms with Crippen LogP contribution in [0.25, 0.3) is 34.0 Å². The number of thiazole rings is 1. The van der Waals surface area contributed by atoms with E-state index < -0.39 is 4.92 Å². The summed E-state index contributed by atoms with van der Waals surface area (Å²) in [5.41, 5.74) is 4.96. The number of allylic oxidation sites excluding steroid dienone is 1. The Labute approximate surface area is 177 Å². The minimum atomic E-state index is -0.454. The lowest BCUT2D eigenvalue weighted by Gasteiger charge is -2.02. The standard InChI is InChI=1S/C24H15N3O2S/c25-15-21(13-17-5-4-8-22(14-17)27(28)29)24-26-23(16-30-24)20-11-9-19(10-12-20)18-6-2-1-3-7-18/h1-14,16H. The Hall–Kier alpha value is -4.08. The van der Waals surface area contributed by atoms with E-state index in [1.807, 2.05) is 47.8 Å². The van der Waals surface area contributed by atoms with Crippen LogP contribution in [-0.4, -0.2) is 9.91 Å². The predicted molar refractivity (Wildman–Crippen MR) is 120 cm³/mol. The highest BCUT2D eigenvalue weighted by Gasteiger charge is 2.11. The van der Waals surface area contributed by atoms with Gasteiger partial charge in [-0.05, 0) is 22.8 Å². The average Bonchev–Trinajstić information content (AvgIpc) is 3.28. The number of rotatable bonds is 5. The first-order valence-corrected chi connectivity index (χ1v) is 10.00. The van der Waals surface area contributed by atoms with Crippen molar-refractivity contribution in [3.8, 4) is 28.5 Å². The molecule has 1 heterocycles. The zero-order chi connectivity index (χ0) is 20.9. The van der Waals surface area contributed by atoms with Crippen molar-refractivity contribution < 1.29 is 4.92 Å². The zero-order valence-electron chi connectivity index (χ0n) is 15.7. The number of nitro benzene ring substituents is 1. The summed E-state index contributed by atoms with van der Waals surface area (Å²) in [5.74, 6) is 0. The van der Waals surface area contributed by atoms with Gasteiger partial charge in [-0.15, -0.1) is 11.3 Å². The number of non-ortho nitro benzene ring substituents is 1. The first kappa shape index (κ1) is 19.2. The molecular weight excluding hydrogens is 394 g/mol. The van der Waals surface area contributed by atoms with E-state index >= 15 is 0 Å². The number of benzene rings is 3. The van der Waals surface area contributed by atoms with Gasteiger partial charge in [-0.1, -0.05) is 66.7 Å². The third-order valence-corrected chi connectivity index (χ3v) is 5.41. The first-order valence-electron chi connectivity index (χ1n) is 9.12. The molecule has 0 fully saturated rings. The fourth-order valence-corrected chi connectivity index (χ4v) is 3.83. The third-order valence-electron chi connectivity index (χ3n) is 4.53. The van der Waals surface area contributed by atoms with Crippen molar-refractivity contribution in [3.63, 3.8) is 0 Å². The van der Waals surface area contributed by atoms with Crippen molar-refractivity contribution in [3.05, 3.63) is 105 Å². The molecule has 5 nitrogen and oxygen atoms in total. The minimum absolute atomic E-state index is 0.0145. The lowest BCUT2D eigenvalue weighted by molar-refractivity contribution is -0.384. The number of nitro groups is 1. The van der Waals surface area contributed by atoms with Crippen molar-refractivity contribution in [1.82, 2.24) is 4.98 Å². The second-order valence-electron chi connectivity index (χ2n) is 6.50. The van der Waals surface area contributed by atoms with Crippen LogP contribution < -0.4 is 0 Å². The van der Waals surface area contributed by atoms with E-state index in [-0.39, 0.29) is 5.69 Å². The number of nitrogens with zero attached hydrogens (tertiary/aromatic N) is 3.